The molecule has 0 bridgehead atoms. The van der Waals surface area contributed by atoms with Gasteiger partial charge >= 0.3 is 5.69 Å². The molecule has 0 aliphatic heterocycles. The van der Waals surface area contributed by atoms with Crippen molar-refractivity contribution < 1.29 is 14.8 Å². The molecule has 0 saturated carbocycles. The molecule has 0 fully saturated rings. The number of aromatic hydroxyl groups is 1. The summed E-state index contributed by atoms with van der Waals surface area (Å²) in [7, 11) is 1.36. The smallest absolute Gasteiger partial charge is 0.310 e. The molecule has 0 aliphatic carbocycles. The molecule has 0 radical (unpaired) electrons. The highest BCUT2D eigenvalue weighted by molar-refractivity contribution is 9.10. The molecule has 0 aliphatic rings. The number of methoxy groups -OCH3 is 1. The van der Waals surface area contributed by atoms with Crippen LogP contribution in [-0.2, 0) is 0 Å². The number of nitrogens with one attached hydrogen (secondary N) is 1. The van der Waals surface area contributed by atoms with Crippen molar-refractivity contribution in [1.29, 1.82) is 0 Å². The fraction of sp³-hybridized carbons (Fsp3) is 0.0500. The first-order valence-electron chi connectivity index (χ1n) is 8.66. The molecule has 2 N–H and O–H groups in total. The lowest BCUT2D eigenvalue weighted by Gasteiger charge is -2.10. The van der Waals surface area contributed by atoms with Crippen molar-refractivity contribution in [3.63, 3.8) is 0 Å². The minimum Gasteiger partial charge on any atom is -0.494 e. The molecule has 30 heavy (non-hydrogen) atoms. The largest absolute Gasteiger partial charge is 0.494 e. The molecular weight excluding hydrogens is 454 g/mol. The third-order valence-electron chi connectivity index (χ3n) is 4.44. The minimum absolute atomic E-state index is 0.0820. The van der Waals surface area contributed by atoms with Gasteiger partial charge < -0.3 is 14.8 Å². The fourth-order valence-electron chi connectivity index (χ4n) is 3.11. The summed E-state index contributed by atoms with van der Waals surface area (Å²) < 4.78 is 6.03. The van der Waals surface area contributed by atoms with Gasteiger partial charge in [-0.15, -0.1) is 0 Å². The van der Waals surface area contributed by atoms with E-state index in [1.165, 1.54) is 31.6 Å². The highest BCUT2D eigenvalue weighted by Gasteiger charge is 2.22. The SMILES string of the molecule is COc1cc(C(=Nc2ccnnc2)c2c(O)[nH]c3ccc(Br)cc23)ccc1[N+](=O)[O-]. The van der Waals surface area contributed by atoms with Crippen molar-refractivity contribution in [2.24, 2.45) is 4.99 Å². The highest BCUT2D eigenvalue weighted by Crippen LogP contribution is 2.35. The number of nitro groups is 1. The van der Waals surface area contributed by atoms with E-state index in [1.54, 1.807) is 12.1 Å². The molecule has 0 spiro atoms. The Morgan fingerprint density at radius 1 is 1.23 bits per heavy atom. The lowest BCUT2D eigenvalue weighted by atomic mass is 10.00. The van der Waals surface area contributed by atoms with Crippen LogP contribution in [0, 0.1) is 10.1 Å². The Morgan fingerprint density at radius 3 is 2.77 bits per heavy atom. The van der Waals surface area contributed by atoms with E-state index in [-0.39, 0.29) is 17.3 Å². The number of rotatable bonds is 5. The van der Waals surface area contributed by atoms with Gasteiger partial charge in [-0.25, -0.2) is 4.99 Å². The Morgan fingerprint density at radius 2 is 2.07 bits per heavy atom. The third kappa shape index (κ3) is 3.60. The number of fused-ring (bicyclic) bond motifs is 1. The summed E-state index contributed by atoms with van der Waals surface area (Å²) in [4.78, 5) is 18.3. The van der Waals surface area contributed by atoms with Crippen LogP contribution in [-0.4, -0.2) is 38.0 Å². The standard InChI is InChI=1S/C20H14BrN5O4/c1-30-17-8-11(2-5-16(17)26(28)29)19(24-13-6-7-22-23-10-13)18-14-9-12(21)3-4-15(14)25-20(18)27/h2-10,25,27H,1H3. The number of nitro benzene ring substituents is 1. The normalized spacial score (nSPS) is 11.6. The molecule has 2 heterocycles. The van der Waals surface area contributed by atoms with Crippen LogP contribution < -0.4 is 4.74 Å². The molecule has 0 saturated heterocycles. The molecular formula is C20H14BrN5O4. The molecule has 150 valence electrons. The van der Waals surface area contributed by atoms with Gasteiger partial charge in [0.25, 0.3) is 0 Å². The van der Waals surface area contributed by atoms with E-state index >= 15 is 0 Å². The summed E-state index contributed by atoms with van der Waals surface area (Å²) in [6.07, 6.45) is 2.98. The summed E-state index contributed by atoms with van der Waals surface area (Å²) >= 11 is 3.45. The number of aliphatic imine (C=N–C) groups is 1. The van der Waals surface area contributed by atoms with Crippen LogP contribution >= 0.6 is 15.9 Å². The molecule has 2 aromatic carbocycles. The molecule has 9 nitrogen and oxygen atoms in total. The van der Waals surface area contributed by atoms with Crippen molar-refractivity contribution in [2.75, 3.05) is 7.11 Å². The van der Waals surface area contributed by atoms with Crippen molar-refractivity contribution in [3.05, 3.63) is 80.6 Å². The highest BCUT2D eigenvalue weighted by atomic mass is 79.9. The average Bonchev–Trinajstić information content (AvgIpc) is 3.07. The summed E-state index contributed by atoms with van der Waals surface area (Å²) in [5, 5.41) is 30.3. The Hall–Kier alpha value is -3.79. The summed E-state index contributed by atoms with van der Waals surface area (Å²) in [5.41, 5.74) is 2.39. The summed E-state index contributed by atoms with van der Waals surface area (Å²) in [5.74, 6) is -0.000232. The van der Waals surface area contributed by atoms with Crippen LogP contribution in [0.2, 0.25) is 0 Å². The van der Waals surface area contributed by atoms with Crippen LogP contribution in [0.25, 0.3) is 10.9 Å². The first-order chi connectivity index (χ1) is 14.5. The van der Waals surface area contributed by atoms with Crippen molar-refractivity contribution in [1.82, 2.24) is 15.2 Å². The first-order valence-corrected chi connectivity index (χ1v) is 9.46. The van der Waals surface area contributed by atoms with Crippen LogP contribution in [0.1, 0.15) is 11.1 Å². The maximum absolute atomic E-state index is 11.3. The van der Waals surface area contributed by atoms with Gasteiger partial charge in [-0.2, -0.15) is 10.2 Å². The molecule has 4 aromatic rings. The molecule has 10 heteroatoms. The Bertz CT molecular complexity index is 1290. The van der Waals surface area contributed by atoms with Gasteiger partial charge in [-0.05, 0) is 36.4 Å². The van der Waals surface area contributed by atoms with Gasteiger partial charge in [0.2, 0.25) is 0 Å². The van der Waals surface area contributed by atoms with Crippen molar-refractivity contribution in [3.8, 4) is 11.6 Å². The van der Waals surface area contributed by atoms with Gasteiger partial charge in [0.1, 0.15) is 0 Å². The first kappa shape index (κ1) is 19.5. The summed E-state index contributed by atoms with van der Waals surface area (Å²) in [6, 6.07) is 11.6. The van der Waals surface area contributed by atoms with E-state index in [0.717, 1.165) is 9.86 Å². The second-order valence-corrected chi connectivity index (χ2v) is 7.16. The molecule has 2 aromatic heterocycles. The fourth-order valence-corrected chi connectivity index (χ4v) is 3.47. The number of hydrogen-bond donors (Lipinski definition) is 2. The average molecular weight is 468 g/mol. The lowest BCUT2D eigenvalue weighted by Crippen LogP contribution is -2.05. The van der Waals surface area contributed by atoms with Gasteiger partial charge in [0, 0.05) is 27.0 Å². The van der Waals surface area contributed by atoms with E-state index in [1.807, 2.05) is 18.2 Å². The van der Waals surface area contributed by atoms with Crippen molar-refractivity contribution in [2.45, 2.75) is 0 Å². The van der Waals surface area contributed by atoms with Gasteiger partial charge in [-0.3, -0.25) is 10.1 Å². The van der Waals surface area contributed by atoms with Gasteiger partial charge in [-0.1, -0.05) is 15.9 Å². The zero-order chi connectivity index (χ0) is 21.3. The zero-order valence-electron chi connectivity index (χ0n) is 15.5. The number of hydrogen-bond acceptors (Lipinski definition) is 7. The number of aromatic amines is 1. The Balaban J connectivity index is 2.00. The number of halogens is 1. The lowest BCUT2D eigenvalue weighted by molar-refractivity contribution is -0.385. The zero-order valence-corrected chi connectivity index (χ0v) is 17.1. The number of ether oxygens (including phenoxy) is 1. The quantitative estimate of drug-likeness (QED) is 0.252. The second kappa shape index (κ2) is 7.91. The van der Waals surface area contributed by atoms with Crippen LogP contribution in [0.5, 0.6) is 11.6 Å². The van der Waals surface area contributed by atoms with E-state index in [0.29, 0.717) is 28.0 Å². The Kier molecular flexibility index (Phi) is 5.15. The van der Waals surface area contributed by atoms with Crippen molar-refractivity contribution >= 4 is 43.9 Å². The molecule has 0 unspecified atom stereocenters. The van der Waals surface area contributed by atoms with E-state index in [9.17, 15) is 15.2 Å². The van der Waals surface area contributed by atoms with Gasteiger partial charge in [0.15, 0.2) is 11.6 Å². The topological polar surface area (TPSA) is 127 Å². The summed E-state index contributed by atoms with van der Waals surface area (Å²) in [6.45, 7) is 0. The maximum Gasteiger partial charge on any atom is 0.310 e. The van der Waals surface area contributed by atoms with Crippen LogP contribution in [0.4, 0.5) is 11.4 Å². The predicted molar refractivity (Wildman–Crippen MR) is 115 cm³/mol. The number of aromatic nitrogens is 3. The van der Waals surface area contributed by atoms with E-state index in [4.69, 9.17) is 4.74 Å². The third-order valence-corrected chi connectivity index (χ3v) is 4.93. The van der Waals surface area contributed by atoms with Crippen LogP contribution in [0.15, 0.2) is 64.3 Å². The molecule has 4 rings (SSSR count). The number of H-pyrrole nitrogens is 1. The van der Waals surface area contributed by atoms with Gasteiger partial charge in [0.05, 0.1) is 41.4 Å². The number of nitrogens with zero attached hydrogens (tertiary/aromatic N) is 4. The number of benzene rings is 2. The predicted octanol–water partition coefficient (Wildman–Crippen LogP) is 4.51. The molecule has 0 atom stereocenters. The van der Waals surface area contributed by atoms with Crippen LogP contribution in [0.3, 0.4) is 0 Å². The Labute approximate surface area is 178 Å². The molecule has 0 amide bonds. The monoisotopic (exact) mass is 467 g/mol. The van der Waals surface area contributed by atoms with E-state index < -0.39 is 4.92 Å². The maximum atomic E-state index is 11.3. The van der Waals surface area contributed by atoms with E-state index in [2.05, 4.69) is 36.1 Å². The second-order valence-electron chi connectivity index (χ2n) is 6.24. The minimum atomic E-state index is -0.521.